The Balaban J connectivity index is 0.000000207. The maximum Gasteiger partial charge on any atom is 0.307 e. The van der Waals surface area contributed by atoms with Gasteiger partial charge in [0.15, 0.2) is 0 Å². The number of aryl methyl sites for hydroxylation is 3. The normalized spacial score (nSPS) is 28.9. The Bertz CT molecular complexity index is 5360. The molecule has 18 atom stereocenters. The minimum Gasteiger partial charge on any atom is -0.540 e. The first-order valence-corrected chi connectivity index (χ1v) is 47.4. The van der Waals surface area contributed by atoms with Crippen LogP contribution in [-0.4, -0.2) is 194 Å². The summed E-state index contributed by atoms with van der Waals surface area (Å²) in [6, 6.07) is 20.0. The van der Waals surface area contributed by atoms with E-state index in [0.29, 0.717) is 111 Å². The van der Waals surface area contributed by atoms with Crippen LogP contribution in [0.5, 0.6) is 34.9 Å². The van der Waals surface area contributed by atoms with E-state index in [-0.39, 0.29) is 150 Å². The second-order valence-electron chi connectivity index (χ2n) is 41.1. The second-order valence-corrected chi connectivity index (χ2v) is 41.1. The molecule has 0 spiro atoms. The summed E-state index contributed by atoms with van der Waals surface area (Å²) in [5.41, 5.74) is 3.22. The molecule has 3 saturated heterocycles. The Morgan fingerprint density at radius 2 is 0.733 bits per heavy atom. The van der Waals surface area contributed by atoms with Gasteiger partial charge in [-0.25, -0.2) is 48.8 Å². The number of aromatic nitrogens is 6. The molecule has 30 nitrogen and oxygen atoms in total. The molecular weight excluding hydrogens is 1830 g/mol. The molecular formula is C102H129N12O18V3-3. The fourth-order valence-electron chi connectivity index (χ4n) is 21.0. The SMILES string of the molecule is COc1ccc2nc3c(nc2c1)O[C@H]1CN(C(=O)[C@H](C(C)(C)C)CC(=O)O[C@@H]2CCC[C@H]2CCCCC3)[C@H]([C-]=O)[C@@H]1CC#N.COc1ccc2nc3c(nc2c1)O[C@H]1CN(C(=O)[C@H](C(C)(C)C)CC(=O)O[C@]2(C)CCC[C@H]2CCCCC3)[C@H]([C-]=O)[C@@H]1CC#N.COc1ccc2nc3c(nc2c1)O[C@H]1CN(C(=O)[C@H](C(C)(C)C)CC(=O)O[C@]2(C)C[C@H]2CCCCC3)[C@H]([C-]=O)[C@@H]1CC#N.[V].[V].[V]. The number of nitrogens with zero attached hydrogens (tertiary/aromatic N) is 12. The molecule has 3 aliphatic carbocycles. The molecule has 6 fully saturated rings. The van der Waals surface area contributed by atoms with Crippen LogP contribution in [0.2, 0.25) is 0 Å². The Morgan fingerprint density at radius 3 is 1.08 bits per heavy atom. The van der Waals surface area contributed by atoms with Crippen LogP contribution in [0, 0.1) is 103 Å². The first-order chi connectivity index (χ1) is 63.1. The van der Waals surface area contributed by atoms with Crippen molar-refractivity contribution in [2.75, 3.05) is 41.0 Å². The molecule has 15 rings (SSSR count). The quantitative estimate of drug-likeness (QED) is 0.0737. The zero-order valence-electron chi connectivity index (χ0n) is 80.4. The third-order valence-electron chi connectivity index (χ3n) is 29.1. The number of hydrogen-bond donors (Lipinski definition) is 0. The van der Waals surface area contributed by atoms with Crippen molar-refractivity contribution in [2.45, 2.75) is 310 Å². The van der Waals surface area contributed by atoms with Gasteiger partial charge in [-0.1, -0.05) is 119 Å². The number of amides is 3. The summed E-state index contributed by atoms with van der Waals surface area (Å²) in [7, 11) is 4.76. The minimum atomic E-state index is -1.00. The topological polar surface area (TPSA) is 395 Å². The van der Waals surface area contributed by atoms with Crippen molar-refractivity contribution in [1.82, 2.24) is 44.6 Å². The molecule has 135 heavy (non-hydrogen) atoms. The summed E-state index contributed by atoms with van der Waals surface area (Å²) in [6.45, 7) is 21.4. The fraction of sp³-hybridized carbons (Fsp3) is 0.647. The van der Waals surface area contributed by atoms with Gasteiger partial charge in [-0.2, -0.15) is 15.8 Å². The van der Waals surface area contributed by atoms with Crippen LogP contribution in [0.4, 0.5) is 0 Å². The number of carbonyl (C=O) groups is 6. The molecule has 3 radical (unpaired) electrons. The maximum absolute atomic E-state index is 14.3. The van der Waals surface area contributed by atoms with Crippen LogP contribution in [0.15, 0.2) is 54.6 Å². The predicted molar refractivity (Wildman–Crippen MR) is 487 cm³/mol. The van der Waals surface area contributed by atoms with E-state index in [0.717, 1.165) is 128 Å². The number of rotatable bonds is 9. The van der Waals surface area contributed by atoms with Crippen molar-refractivity contribution < 1.29 is 141 Å². The zero-order valence-corrected chi connectivity index (χ0v) is 84.6. The zero-order chi connectivity index (χ0) is 94.7. The van der Waals surface area contributed by atoms with E-state index in [1.54, 1.807) is 39.5 Å². The van der Waals surface area contributed by atoms with Gasteiger partial charge in [-0.15, -0.1) is 0 Å². The number of methoxy groups -OCH3 is 3. The summed E-state index contributed by atoms with van der Waals surface area (Å²) in [5.74, 6) is -2.48. The summed E-state index contributed by atoms with van der Waals surface area (Å²) in [5, 5.41) is 29.1. The van der Waals surface area contributed by atoms with Crippen LogP contribution in [-0.2, 0) is 132 Å². The summed E-state index contributed by atoms with van der Waals surface area (Å²) in [6.07, 6.45) is 23.4. The van der Waals surface area contributed by atoms with Gasteiger partial charge in [0.2, 0.25) is 35.4 Å². The van der Waals surface area contributed by atoms with Crippen molar-refractivity contribution >= 4 is 87.6 Å². The first kappa shape index (κ1) is 108. The Morgan fingerprint density at radius 1 is 0.400 bits per heavy atom. The summed E-state index contributed by atoms with van der Waals surface area (Å²) in [4.78, 5) is 153. The van der Waals surface area contributed by atoms with Gasteiger partial charge < -0.3 is 71.7 Å². The number of ether oxygens (including phenoxy) is 9. The van der Waals surface area contributed by atoms with Crippen molar-refractivity contribution in [1.29, 1.82) is 15.8 Å². The van der Waals surface area contributed by atoms with Gasteiger partial charge in [0.25, 0.3) is 0 Å². The number of carbonyl (C=O) groups excluding carboxylic acids is 9. The predicted octanol–water partition coefficient (Wildman–Crippen LogP) is 15.3. The monoisotopic (exact) mass is 1960 g/mol. The van der Waals surface area contributed by atoms with Crippen LogP contribution in [0.3, 0.4) is 0 Å². The van der Waals surface area contributed by atoms with Crippen molar-refractivity contribution in [3.63, 3.8) is 0 Å². The smallest absolute Gasteiger partial charge is 0.307 e. The number of esters is 3. The molecule has 33 heteroatoms. The summed E-state index contributed by atoms with van der Waals surface area (Å²) >= 11 is 0. The van der Waals surface area contributed by atoms with E-state index in [2.05, 4.69) is 18.2 Å². The molecule has 6 aromatic rings. The van der Waals surface area contributed by atoms with Crippen LogP contribution in [0.25, 0.3) is 33.1 Å². The molecule has 0 unspecified atom stereocenters. The van der Waals surface area contributed by atoms with Gasteiger partial charge in [0.05, 0.1) is 129 Å². The molecule has 6 aliphatic heterocycles. The molecule has 6 bridgehead atoms. The largest absolute Gasteiger partial charge is 0.540 e. The van der Waals surface area contributed by atoms with E-state index in [1.165, 1.54) is 14.7 Å². The number of nitriles is 3. The van der Waals surface area contributed by atoms with Gasteiger partial charge in [0, 0.05) is 117 Å². The number of hydrogen-bond acceptors (Lipinski definition) is 27. The Hall–Kier alpha value is -9.47. The van der Waals surface area contributed by atoms with E-state index >= 15 is 0 Å². The van der Waals surface area contributed by atoms with Gasteiger partial charge >= 0.3 is 17.9 Å². The molecule has 723 valence electrons. The number of fused-ring (bicyclic) bond motifs is 15. The van der Waals surface area contributed by atoms with Crippen LogP contribution < -0.4 is 28.4 Å². The van der Waals surface area contributed by atoms with Crippen LogP contribution >= 0.6 is 0 Å². The van der Waals surface area contributed by atoms with E-state index in [4.69, 9.17) is 72.5 Å². The van der Waals surface area contributed by atoms with Crippen molar-refractivity contribution in [2.24, 2.45) is 69.5 Å². The first-order valence-electron chi connectivity index (χ1n) is 47.4. The van der Waals surface area contributed by atoms with E-state index in [1.807, 2.05) is 131 Å². The van der Waals surface area contributed by atoms with Gasteiger partial charge in [0.1, 0.15) is 69.9 Å². The fourth-order valence-corrected chi connectivity index (χ4v) is 21.0. The second kappa shape index (κ2) is 46.8. The number of benzene rings is 3. The van der Waals surface area contributed by atoms with E-state index in [9.17, 15) is 58.9 Å². The minimum absolute atomic E-state index is 0. The molecule has 3 aromatic heterocycles. The third kappa shape index (κ3) is 25.5. The van der Waals surface area contributed by atoms with E-state index < -0.39 is 111 Å². The average molecular weight is 1960 g/mol. The average Bonchev–Trinajstić information content (AvgIpc) is 1.62. The summed E-state index contributed by atoms with van der Waals surface area (Å²) < 4.78 is 53.9. The standard InChI is InChI=1S/C35H45N4O6.C34H43N4O6.C33H41N4O6.3V/c1-34(2,3)25-19-31(41)45-35(4)16-9-11-22(35)10-7-6-8-12-27-32(38-28-18-23(43-5)13-14-26(28)37-27)44-30-20-39(33(25)42)29(21-40)24(30)15-17-36;1-34(2,3)24-18-31(40)43-29-12-8-10-21(29)9-6-5-7-11-26-32(37-27-17-22(42-4)13-14-25(27)36-26)44-30-19-38(33(24)41)28(20-39)23(30)15-16-35;1-32(2,3)23-16-29(39)43-33(4)17-20(33)9-7-6-8-10-25-30(36-26-15-21(41-5)11-12-24(26)35-25)42-28-18-37(31(23)40)27(19-38)22(28)13-14-34;;;/h13-14,18,22,24-25,29-30H,6-12,15-16,19-20H2,1-5H3;13-14,17,21,23-24,28-30H,5-12,15,18-19H2,1-4H3;11-12,15,20,22-23,27-28H,6-10,13,16-18H2,1-5H3;;;/q3*-1;;;/t22-,24+,25-,29-,30+,35-;21-,23+,24-,28-,29-,30+;20-,22+,23-,27-,28+,33-;;;/m111.../s1. The third-order valence-corrected chi connectivity index (χ3v) is 29.1. The molecule has 9 heterocycles. The van der Waals surface area contributed by atoms with Crippen LogP contribution in [0.1, 0.15) is 254 Å². The molecule has 3 aromatic carbocycles. The molecule has 9 aliphatic rings. The van der Waals surface area contributed by atoms with Gasteiger partial charge in [-0.3, -0.25) is 28.8 Å². The Kier molecular flexibility index (Phi) is 37.3. The molecule has 0 N–H and O–H groups in total. The van der Waals surface area contributed by atoms with Crippen molar-refractivity contribution in [3.8, 4) is 53.1 Å². The molecule has 3 amide bonds. The Labute approximate surface area is 828 Å². The maximum atomic E-state index is 14.3. The molecule has 3 saturated carbocycles. The van der Waals surface area contributed by atoms with Crippen molar-refractivity contribution in [3.05, 3.63) is 71.7 Å². The van der Waals surface area contributed by atoms with Gasteiger partial charge in [-0.05, 0) is 181 Å².